The number of carbonyl (C=O) groups is 1. The number of rotatable bonds is 5. The molecule has 0 saturated carbocycles. The summed E-state index contributed by atoms with van der Waals surface area (Å²) in [7, 11) is 0. The summed E-state index contributed by atoms with van der Waals surface area (Å²) in [6.45, 7) is 2.29. The summed E-state index contributed by atoms with van der Waals surface area (Å²) >= 11 is 0. The van der Waals surface area contributed by atoms with Crippen molar-refractivity contribution < 1.29 is 22.8 Å². The van der Waals surface area contributed by atoms with E-state index < -0.39 is 12.5 Å². The van der Waals surface area contributed by atoms with Crippen molar-refractivity contribution in [2.75, 3.05) is 5.32 Å². The Labute approximate surface area is 126 Å². The molecule has 5 nitrogen and oxygen atoms in total. The predicted molar refractivity (Wildman–Crippen MR) is 76.1 cm³/mol. The number of halogens is 2. The van der Waals surface area contributed by atoms with Crippen molar-refractivity contribution in [1.82, 2.24) is 5.16 Å². The van der Waals surface area contributed by atoms with E-state index in [9.17, 15) is 13.6 Å². The highest BCUT2D eigenvalue weighted by atomic mass is 19.3. The van der Waals surface area contributed by atoms with Crippen molar-refractivity contribution in [2.24, 2.45) is 0 Å². The maximum atomic E-state index is 12.3. The van der Waals surface area contributed by atoms with E-state index in [0.29, 0.717) is 0 Å². The molecule has 0 unspecified atom stereocenters. The zero-order valence-electron chi connectivity index (χ0n) is 12.4. The van der Waals surface area contributed by atoms with Crippen LogP contribution in [0.3, 0.4) is 0 Å². The summed E-state index contributed by atoms with van der Waals surface area (Å²) in [5.41, 5.74) is 2.90. The van der Waals surface area contributed by atoms with Crippen molar-refractivity contribution in [1.29, 1.82) is 0 Å². The first kappa shape index (κ1) is 15.9. The average Bonchev–Trinajstić information content (AvgIpc) is 2.75. The lowest BCUT2D eigenvalue weighted by Gasteiger charge is -2.09. The fraction of sp³-hybridized carbons (Fsp3) is 0.333. The number of benzene rings is 1. The highest BCUT2D eigenvalue weighted by Gasteiger charge is 2.20. The standard InChI is InChI=1S/C15H16F2N2O3/c1-8-4-5-9(2)11(6-8)7-12(20)18-13-10(3)22-19-14(13)21-15(16)17/h4-6,15H,7H2,1-3H3,(H,18,20). The maximum Gasteiger partial charge on any atom is 0.388 e. The Bertz CT molecular complexity index is 683. The van der Waals surface area contributed by atoms with Gasteiger partial charge in [-0.25, -0.2) is 0 Å². The number of aryl methyl sites for hydroxylation is 3. The fourth-order valence-corrected chi connectivity index (χ4v) is 2.01. The first-order chi connectivity index (χ1) is 10.4. The van der Waals surface area contributed by atoms with E-state index in [2.05, 4.69) is 15.2 Å². The zero-order chi connectivity index (χ0) is 16.3. The molecule has 1 N–H and O–H groups in total. The van der Waals surface area contributed by atoms with Crippen LogP contribution in [0.15, 0.2) is 22.7 Å². The third kappa shape index (κ3) is 3.81. The molecule has 2 rings (SSSR count). The molecule has 0 radical (unpaired) electrons. The van der Waals surface area contributed by atoms with Crippen molar-refractivity contribution in [3.63, 3.8) is 0 Å². The highest BCUT2D eigenvalue weighted by Crippen LogP contribution is 2.28. The lowest BCUT2D eigenvalue weighted by atomic mass is 10.0. The number of nitrogens with zero attached hydrogens (tertiary/aromatic N) is 1. The van der Waals surface area contributed by atoms with Gasteiger partial charge in [0.05, 0.1) is 6.42 Å². The number of alkyl halides is 2. The molecule has 0 aliphatic heterocycles. The van der Waals surface area contributed by atoms with E-state index in [4.69, 9.17) is 4.52 Å². The average molecular weight is 310 g/mol. The molecule has 0 aliphatic carbocycles. The predicted octanol–water partition coefficient (Wildman–Crippen LogP) is 3.38. The van der Waals surface area contributed by atoms with Crippen LogP contribution in [-0.4, -0.2) is 17.7 Å². The van der Waals surface area contributed by atoms with Crippen molar-refractivity contribution in [3.05, 3.63) is 40.6 Å². The van der Waals surface area contributed by atoms with Gasteiger partial charge < -0.3 is 14.6 Å². The van der Waals surface area contributed by atoms with Crippen LogP contribution in [0.5, 0.6) is 5.88 Å². The molecule has 118 valence electrons. The third-order valence-electron chi connectivity index (χ3n) is 3.15. The minimum atomic E-state index is -3.04. The Kier molecular flexibility index (Phi) is 4.75. The molecule has 0 saturated heterocycles. The van der Waals surface area contributed by atoms with Gasteiger partial charge in [0.2, 0.25) is 5.91 Å². The number of hydrogen-bond donors (Lipinski definition) is 1. The maximum absolute atomic E-state index is 12.3. The van der Waals surface area contributed by atoms with Crippen molar-refractivity contribution >= 4 is 11.6 Å². The molecule has 0 bridgehead atoms. The summed E-state index contributed by atoms with van der Waals surface area (Å²) in [6.07, 6.45) is 0.117. The van der Waals surface area contributed by atoms with Gasteiger partial charge in [0.15, 0.2) is 5.76 Å². The monoisotopic (exact) mass is 310 g/mol. The van der Waals surface area contributed by atoms with E-state index in [1.807, 2.05) is 32.0 Å². The second kappa shape index (κ2) is 6.55. The topological polar surface area (TPSA) is 64.4 Å². The normalized spacial score (nSPS) is 10.8. The van der Waals surface area contributed by atoms with E-state index in [-0.39, 0.29) is 23.8 Å². The summed E-state index contributed by atoms with van der Waals surface area (Å²) in [5, 5.41) is 5.86. The summed E-state index contributed by atoms with van der Waals surface area (Å²) in [6, 6.07) is 5.79. The van der Waals surface area contributed by atoms with E-state index >= 15 is 0 Å². The highest BCUT2D eigenvalue weighted by molar-refractivity contribution is 5.94. The molecule has 0 spiro atoms. The van der Waals surface area contributed by atoms with Crippen LogP contribution in [0, 0.1) is 20.8 Å². The number of aromatic nitrogens is 1. The van der Waals surface area contributed by atoms with Gasteiger partial charge in [-0.2, -0.15) is 8.78 Å². The van der Waals surface area contributed by atoms with Gasteiger partial charge >= 0.3 is 6.61 Å². The number of hydrogen-bond acceptors (Lipinski definition) is 4. The minimum absolute atomic E-state index is 0.0237. The first-order valence-electron chi connectivity index (χ1n) is 6.64. The molecule has 1 aromatic heterocycles. The molecule has 0 fully saturated rings. The van der Waals surface area contributed by atoms with Crippen LogP contribution < -0.4 is 10.1 Å². The number of anilines is 1. The Balaban J connectivity index is 2.12. The molecule has 1 aromatic carbocycles. The molecule has 0 aliphatic rings. The van der Waals surface area contributed by atoms with Crippen LogP contribution in [0.1, 0.15) is 22.5 Å². The Morgan fingerprint density at radius 2 is 2.09 bits per heavy atom. The number of ether oxygens (including phenoxy) is 1. The number of carbonyl (C=O) groups excluding carboxylic acids is 1. The Hall–Kier alpha value is -2.44. The summed E-state index contributed by atoms with van der Waals surface area (Å²) < 4.78 is 33.5. The fourth-order valence-electron chi connectivity index (χ4n) is 2.01. The SMILES string of the molecule is Cc1ccc(C)c(CC(=O)Nc2c(OC(F)F)noc2C)c1. The number of nitrogens with one attached hydrogen (secondary N) is 1. The van der Waals surface area contributed by atoms with Gasteiger partial charge in [0.25, 0.3) is 5.88 Å². The Morgan fingerprint density at radius 1 is 1.36 bits per heavy atom. The van der Waals surface area contributed by atoms with Crippen molar-refractivity contribution in [2.45, 2.75) is 33.8 Å². The largest absolute Gasteiger partial charge is 0.412 e. The quantitative estimate of drug-likeness (QED) is 0.919. The Morgan fingerprint density at radius 3 is 2.77 bits per heavy atom. The van der Waals surface area contributed by atoms with E-state index in [1.165, 1.54) is 6.92 Å². The molecular weight excluding hydrogens is 294 g/mol. The molecule has 2 aromatic rings. The lowest BCUT2D eigenvalue weighted by molar-refractivity contribution is -0.115. The zero-order valence-corrected chi connectivity index (χ0v) is 12.4. The second-order valence-electron chi connectivity index (χ2n) is 4.95. The molecule has 0 atom stereocenters. The van der Waals surface area contributed by atoms with Crippen molar-refractivity contribution in [3.8, 4) is 5.88 Å². The van der Waals surface area contributed by atoms with Crippen LogP contribution in [-0.2, 0) is 11.2 Å². The third-order valence-corrected chi connectivity index (χ3v) is 3.15. The molecule has 22 heavy (non-hydrogen) atoms. The van der Waals surface area contributed by atoms with E-state index in [1.54, 1.807) is 0 Å². The molecule has 1 amide bonds. The van der Waals surface area contributed by atoms with E-state index in [0.717, 1.165) is 16.7 Å². The van der Waals surface area contributed by atoms with Gasteiger partial charge in [-0.1, -0.05) is 23.8 Å². The van der Waals surface area contributed by atoms with Crippen LogP contribution in [0.2, 0.25) is 0 Å². The minimum Gasteiger partial charge on any atom is -0.412 e. The van der Waals surface area contributed by atoms with Gasteiger partial charge in [-0.15, -0.1) is 0 Å². The summed E-state index contributed by atoms with van der Waals surface area (Å²) in [4.78, 5) is 12.1. The smallest absolute Gasteiger partial charge is 0.388 e. The molecule has 7 heteroatoms. The summed E-state index contributed by atoms with van der Waals surface area (Å²) in [5.74, 6) is -0.592. The lowest BCUT2D eigenvalue weighted by Crippen LogP contribution is -2.16. The van der Waals surface area contributed by atoms with Crippen LogP contribution >= 0.6 is 0 Å². The van der Waals surface area contributed by atoms with Gasteiger partial charge in [-0.05, 0) is 37.1 Å². The molecule has 1 heterocycles. The van der Waals surface area contributed by atoms with Crippen LogP contribution in [0.4, 0.5) is 14.5 Å². The first-order valence-corrected chi connectivity index (χ1v) is 6.64. The van der Waals surface area contributed by atoms with Crippen LogP contribution in [0.25, 0.3) is 0 Å². The van der Waals surface area contributed by atoms with Gasteiger partial charge in [0.1, 0.15) is 5.69 Å². The van der Waals surface area contributed by atoms with Gasteiger partial charge in [-0.3, -0.25) is 4.79 Å². The second-order valence-corrected chi connectivity index (χ2v) is 4.95. The number of amides is 1. The van der Waals surface area contributed by atoms with Gasteiger partial charge in [0, 0.05) is 0 Å². The molecular formula is C15H16F2N2O3.